The van der Waals surface area contributed by atoms with Crippen LogP contribution in [0.25, 0.3) is 0 Å². The summed E-state index contributed by atoms with van der Waals surface area (Å²) in [6.45, 7) is 0.334. The summed E-state index contributed by atoms with van der Waals surface area (Å²) >= 11 is 0. The number of rotatable bonds is 14. The van der Waals surface area contributed by atoms with Gasteiger partial charge < -0.3 is 29.5 Å². The first-order chi connectivity index (χ1) is 14.1. The molecular formula is C22H27O7W-. The van der Waals surface area contributed by atoms with Crippen LogP contribution >= 0.6 is 0 Å². The second-order valence-electron chi connectivity index (χ2n) is 6.36. The van der Waals surface area contributed by atoms with Crippen molar-refractivity contribution in [3.05, 3.63) is 71.6 Å². The van der Waals surface area contributed by atoms with E-state index in [-0.39, 0.29) is 54.3 Å². The molecule has 0 aliphatic carbocycles. The monoisotopic (exact) mass is 587 g/mol. The van der Waals surface area contributed by atoms with Crippen molar-refractivity contribution in [3.8, 4) is 5.75 Å². The van der Waals surface area contributed by atoms with Gasteiger partial charge in [0.2, 0.25) is 0 Å². The molecule has 0 aliphatic heterocycles. The molecule has 0 aromatic heterocycles. The fourth-order valence-corrected chi connectivity index (χ4v) is 2.67. The van der Waals surface area contributed by atoms with Crippen molar-refractivity contribution in [2.75, 3.05) is 39.8 Å². The molecule has 0 heterocycles. The molecule has 3 N–H and O–H groups in total. The molecule has 0 aliphatic rings. The minimum atomic E-state index is -0.964. The van der Waals surface area contributed by atoms with Crippen molar-refractivity contribution in [3.63, 3.8) is 0 Å². The van der Waals surface area contributed by atoms with Crippen LogP contribution in [0, 0.1) is 6.42 Å². The first kappa shape index (κ1) is 26.3. The molecule has 2 aromatic carbocycles. The van der Waals surface area contributed by atoms with Gasteiger partial charge in [-0.15, -0.1) is 0 Å². The van der Waals surface area contributed by atoms with Gasteiger partial charge in [0, 0.05) is 21.1 Å². The Labute approximate surface area is 190 Å². The van der Waals surface area contributed by atoms with E-state index in [0.717, 1.165) is 16.9 Å². The average Bonchev–Trinajstić information content (AvgIpc) is 2.73. The molecule has 0 saturated heterocycles. The van der Waals surface area contributed by atoms with E-state index in [1.54, 1.807) is 18.6 Å². The first-order valence-electron chi connectivity index (χ1n) is 9.36. The van der Waals surface area contributed by atoms with E-state index in [4.69, 9.17) is 24.4 Å². The van der Waals surface area contributed by atoms with Crippen LogP contribution in [0.5, 0.6) is 5.75 Å². The number of benzene rings is 2. The standard InChI is InChI=1S/C22H27O7.W/c23-10-1-12-29-20-8-4-18(5-9-20)14-17-2-6-19(7-3-17)21(22(25)26)15-28-16-27-13-11-24;/h1-9,21,23-24H,10-16H2,(H,25,26);/q-1;. The number of carboxylic acids is 1. The molecule has 0 saturated carbocycles. The van der Waals surface area contributed by atoms with E-state index in [2.05, 4.69) is 0 Å². The zero-order valence-corrected chi connectivity index (χ0v) is 19.5. The number of aliphatic carboxylic acids is 1. The topological polar surface area (TPSA) is 105 Å². The molecule has 30 heavy (non-hydrogen) atoms. The number of hydrogen-bond donors (Lipinski definition) is 3. The van der Waals surface area contributed by atoms with Gasteiger partial charge in [0.05, 0.1) is 19.8 Å². The number of carboxylic acid groups (broad SMARTS) is 1. The van der Waals surface area contributed by atoms with Gasteiger partial charge in [0.15, 0.2) is 0 Å². The molecular weight excluding hydrogens is 560 g/mol. The summed E-state index contributed by atoms with van der Waals surface area (Å²) in [7, 11) is 0. The number of ether oxygens (including phenoxy) is 3. The maximum atomic E-state index is 11.5. The van der Waals surface area contributed by atoms with Crippen molar-refractivity contribution in [2.45, 2.75) is 12.3 Å². The Hall–Kier alpha value is -1.76. The number of aliphatic hydroxyl groups excluding tert-OH is 2. The molecule has 164 valence electrons. The van der Waals surface area contributed by atoms with Crippen molar-refractivity contribution in [1.29, 1.82) is 0 Å². The van der Waals surface area contributed by atoms with Gasteiger partial charge in [-0.1, -0.05) is 43.0 Å². The Morgan fingerprint density at radius 2 is 1.60 bits per heavy atom. The van der Waals surface area contributed by atoms with E-state index in [1.807, 2.05) is 36.4 Å². The zero-order valence-electron chi connectivity index (χ0n) is 16.6. The summed E-state index contributed by atoms with van der Waals surface area (Å²) in [5.74, 6) is -1.01. The predicted octanol–water partition coefficient (Wildman–Crippen LogP) is 2.00. The van der Waals surface area contributed by atoms with E-state index in [1.165, 1.54) is 0 Å². The maximum absolute atomic E-state index is 11.5. The smallest absolute Gasteiger partial charge is 0.313 e. The van der Waals surface area contributed by atoms with Crippen LogP contribution in [0.15, 0.2) is 48.5 Å². The van der Waals surface area contributed by atoms with Gasteiger partial charge in [0.25, 0.3) is 0 Å². The fraction of sp³-hybridized carbons (Fsp3) is 0.364. The van der Waals surface area contributed by atoms with Gasteiger partial charge in [-0.3, -0.25) is 11.2 Å². The van der Waals surface area contributed by atoms with Crippen molar-refractivity contribution in [1.82, 2.24) is 0 Å². The molecule has 0 fully saturated rings. The summed E-state index contributed by atoms with van der Waals surface area (Å²) < 4.78 is 15.7. The van der Waals surface area contributed by atoms with Crippen molar-refractivity contribution < 1.29 is 55.4 Å². The predicted molar refractivity (Wildman–Crippen MR) is 107 cm³/mol. The molecule has 0 bridgehead atoms. The Bertz CT molecular complexity index is 719. The summed E-state index contributed by atoms with van der Waals surface area (Å²) in [5, 5.41) is 26.8. The van der Waals surface area contributed by atoms with Crippen molar-refractivity contribution in [2.24, 2.45) is 0 Å². The Morgan fingerprint density at radius 3 is 2.17 bits per heavy atom. The van der Waals surface area contributed by atoms with E-state index < -0.39 is 11.9 Å². The van der Waals surface area contributed by atoms with Gasteiger partial charge in [-0.2, -0.15) is 0 Å². The van der Waals surface area contributed by atoms with Crippen LogP contribution in [0.4, 0.5) is 0 Å². The van der Waals surface area contributed by atoms with E-state index in [9.17, 15) is 9.90 Å². The summed E-state index contributed by atoms with van der Waals surface area (Å²) in [6.07, 6.45) is 2.35. The van der Waals surface area contributed by atoms with E-state index in [0.29, 0.717) is 18.6 Å². The zero-order chi connectivity index (χ0) is 20.9. The second-order valence-corrected chi connectivity index (χ2v) is 6.36. The third kappa shape index (κ3) is 9.37. The van der Waals surface area contributed by atoms with Crippen LogP contribution in [0.3, 0.4) is 0 Å². The van der Waals surface area contributed by atoms with Crippen LogP contribution in [0.1, 0.15) is 22.6 Å². The second kappa shape index (κ2) is 15.1. The average molecular weight is 587 g/mol. The number of aliphatic hydroxyl groups is 2. The normalized spacial score (nSPS) is 11.5. The first-order valence-corrected chi connectivity index (χ1v) is 9.36. The minimum Gasteiger partial charge on any atom is -0.525 e. The molecule has 0 radical (unpaired) electrons. The summed E-state index contributed by atoms with van der Waals surface area (Å²) in [5.41, 5.74) is 2.83. The fourth-order valence-electron chi connectivity index (χ4n) is 2.67. The Balaban J connectivity index is 0.00000450. The van der Waals surface area contributed by atoms with Crippen LogP contribution in [-0.4, -0.2) is 61.1 Å². The summed E-state index contributed by atoms with van der Waals surface area (Å²) in [4.78, 5) is 11.5. The van der Waals surface area contributed by atoms with Crippen LogP contribution in [-0.2, 0) is 41.8 Å². The van der Waals surface area contributed by atoms with Crippen LogP contribution in [0.2, 0.25) is 0 Å². The quantitative estimate of drug-likeness (QED) is 0.177. The molecule has 0 amide bonds. The molecule has 7 nitrogen and oxygen atoms in total. The van der Waals surface area contributed by atoms with Gasteiger partial charge in [-0.05, 0) is 41.9 Å². The van der Waals surface area contributed by atoms with E-state index >= 15 is 0 Å². The summed E-state index contributed by atoms with van der Waals surface area (Å²) in [6, 6.07) is 15.1. The molecule has 1 atom stereocenters. The molecule has 0 spiro atoms. The van der Waals surface area contributed by atoms with Crippen LogP contribution < -0.4 is 4.74 Å². The van der Waals surface area contributed by atoms with Gasteiger partial charge >= 0.3 is 5.97 Å². The largest absolute Gasteiger partial charge is 0.525 e. The Morgan fingerprint density at radius 1 is 0.967 bits per heavy atom. The molecule has 1 unspecified atom stereocenters. The minimum absolute atomic E-state index is 0. The molecule has 2 rings (SSSR count). The third-order valence-electron chi connectivity index (χ3n) is 4.20. The molecule has 2 aromatic rings. The van der Waals surface area contributed by atoms with Gasteiger partial charge in [0.1, 0.15) is 18.5 Å². The molecule has 8 heteroatoms. The third-order valence-corrected chi connectivity index (χ3v) is 4.20. The maximum Gasteiger partial charge on any atom is 0.313 e. The Kier molecular flexibility index (Phi) is 13.2. The number of hydrogen-bond acceptors (Lipinski definition) is 6. The van der Waals surface area contributed by atoms with Crippen molar-refractivity contribution >= 4 is 5.97 Å². The van der Waals surface area contributed by atoms with Gasteiger partial charge in [-0.25, -0.2) is 0 Å². The number of carbonyl (C=O) groups is 1. The SMILES string of the molecule is O=C(O)C(COCOCCO)c1ccc(Cc2ccc(OC[CH-]CO)cc2)cc1.[W].